The molecule has 0 saturated heterocycles. The van der Waals surface area contributed by atoms with E-state index < -0.39 is 5.91 Å². The Bertz CT molecular complexity index is 1360. The minimum absolute atomic E-state index is 0.289. The zero-order valence-corrected chi connectivity index (χ0v) is 18.8. The Morgan fingerprint density at radius 3 is 1.94 bits per heavy atom. The number of nitrogens with zero attached hydrogens (tertiary/aromatic N) is 1. The minimum atomic E-state index is -0.409. The largest absolute Gasteiger partial charge is 0.497 e. The lowest BCUT2D eigenvalue weighted by molar-refractivity contribution is 0.101. The van der Waals surface area contributed by atoms with Crippen LogP contribution in [-0.4, -0.2) is 29.8 Å². The Balaban J connectivity index is 1.46. The molecule has 0 atom stereocenters. The van der Waals surface area contributed by atoms with E-state index in [1.807, 2.05) is 0 Å². The number of benzene rings is 3. The summed E-state index contributed by atoms with van der Waals surface area (Å²) < 4.78 is 5.12. The third-order valence-electron chi connectivity index (χ3n) is 5.09. The molecule has 0 saturated carbocycles. The van der Waals surface area contributed by atoms with E-state index in [1.54, 1.807) is 92.0 Å². The smallest absolute Gasteiger partial charge is 0.257 e. The van der Waals surface area contributed by atoms with Crippen LogP contribution in [0, 0.1) is 0 Å². The van der Waals surface area contributed by atoms with E-state index in [2.05, 4.69) is 20.9 Å². The molecular formula is C27H22N4O4. The van der Waals surface area contributed by atoms with Crippen LogP contribution in [0.2, 0.25) is 0 Å². The molecule has 0 bridgehead atoms. The van der Waals surface area contributed by atoms with E-state index in [1.165, 1.54) is 12.4 Å². The van der Waals surface area contributed by atoms with E-state index in [9.17, 15) is 14.4 Å². The van der Waals surface area contributed by atoms with Gasteiger partial charge in [-0.3, -0.25) is 19.4 Å². The lowest BCUT2D eigenvalue weighted by atomic mass is 10.1. The number of hydrogen-bond donors (Lipinski definition) is 3. The molecule has 8 heteroatoms. The number of aromatic nitrogens is 1. The lowest BCUT2D eigenvalue weighted by Crippen LogP contribution is -2.18. The van der Waals surface area contributed by atoms with E-state index >= 15 is 0 Å². The quantitative estimate of drug-likeness (QED) is 0.361. The summed E-state index contributed by atoms with van der Waals surface area (Å²) in [5.41, 5.74) is 2.56. The Morgan fingerprint density at radius 1 is 0.657 bits per heavy atom. The van der Waals surface area contributed by atoms with Crippen LogP contribution >= 0.6 is 0 Å². The van der Waals surface area contributed by atoms with Crippen LogP contribution in [0.5, 0.6) is 5.75 Å². The fourth-order valence-corrected chi connectivity index (χ4v) is 3.31. The van der Waals surface area contributed by atoms with Gasteiger partial charge in [0, 0.05) is 34.9 Å². The fourth-order valence-electron chi connectivity index (χ4n) is 3.31. The molecule has 3 N–H and O–H groups in total. The summed E-state index contributed by atoms with van der Waals surface area (Å²) in [6, 6.07) is 23.4. The highest BCUT2D eigenvalue weighted by molar-refractivity contribution is 6.12. The van der Waals surface area contributed by atoms with Crippen LogP contribution in [0.4, 0.5) is 17.1 Å². The van der Waals surface area contributed by atoms with Crippen LogP contribution in [0.3, 0.4) is 0 Å². The first-order valence-corrected chi connectivity index (χ1v) is 10.7. The molecule has 4 aromatic rings. The van der Waals surface area contributed by atoms with Crippen LogP contribution < -0.4 is 20.7 Å². The lowest BCUT2D eigenvalue weighted by Gasteiger charge is -2.13. The number of pyridine rings is 1. The molecule has 3 amide bonds. The van der Waals surface area contributed by atoms with Gasteiger partial charge in [-0.2, -0.15) is 0 Å². The molecular weight excluding hydrogens is 444 g/mol. The highest BCUT2D eigenvalue weighted by Crippen LogP contribution is 2.21. The zero-order valence-electron chi connectivity index (χ0n) is 18.8. The Labute approximate surface area is 202 Å². The highest BCUT2D eigenvalue weighted by atomic mass is 16.5. The van der Waals surface area contributed by atoms with E-state index in [4.69, 9.17) is 4.74 Å². The number of carbonyl (C=O) groups is 3. The van der Waals surface area contributed by atoms with Gasteiger partial charge in [-0.25, -0.2) is 0 Å². The normalized spacial score (nSPS) is 10.2. The molecule has 0 unspecified atom stereocenters. The van der Waals surface area contributed by atoms with Gasteiger partial charge in [-0.05, 0) is 66.7 Å². The van der Waals surface area contributed by atoms with Crippen molar-refractivity contribution in [3.8, 4) is 5.75 Å². The summed E-state index contributed by atoms with van der Waals surface area (Å²) in [6.45, 7) is 0. The fraction of sp³-hybridized carbons (Fsp3) is 0.0370. The monoisotopic (exact) mass is 466 g/mol. The second-order valence-electron chi connectivity index (χ2n) is 7.45. The Hall–Kier alpha value is -4.98. The number of para-hydroxylation sites is 1. The van der Waals surface area contributed by atoms with Crippen molar-refractivity contribution in [1.29, 1.82) is 0 Å². The van der Waals surface area contributed by atoms with Gasteiger partial charge in [0.2, 0.25) is 0 Å². The first-order valence-electron chi connectivity index (χ1n) is 10.7. The maximum absolute atomic E-state index is 13.0. The number of methoxy groups -OCH3 is 1. The van der Waals surface area contributed by atoms with E-state index in [0.29, 0.717) is 39.5 Å². The van der Waals surface area contributed by atoms with Crippen molar-refractivity contribution >= 4 is 34.8 Å². The molecule has 35 heavy (non-hydrogen) atoms. The summed E-state index contributed by atoms with van der Waals surface area (Å²) in [6.07, 6.45) is 3.08. The second-order valence-corrected chi connectivity index (χ2v) is 7.45. The Kier molecular flexibility index (Phi) is 7.13. The van der Waals surface area contributed by atoms with Crippen molar-refractivity contribution in [2.75, 3.05) is 23.1 Å². The summed E-state index contributed by atoms with van der Waals surface area (Å²) in [4.78, 5) is 42.0. The molecule has 4 rings (SSSR count). The van der Waals surface area contributed by atoms with Crippen LogP contribution in [0.1, 0.15) is 31.1 Å². The van der Waals surface area contributed by atoms with Gasteiger partial charge in [0.1, 0.15) is 5.75 Å². The molecule has 8 nitrogen and oxygen atoms in total. The van der Waals surface area contributed by atoms with Gasteiger partial charge in [-0.1, -0.05) is 18.2 Å². The number of rotatable bonds is 7. The van der Waals surface area contributed by atoms with Gasteiger partial charge < -0.3 is 20.7 Å². The zero-order chi connectivity index (χ0) is 24.6. The molecule has 0 aliphatic carbocycles. The van der Waals surface area contributed by atoms with Crippen molar-refractivity contribution in [3.63, 3.8) is 0 Å². The SMILES string of the molecule is COc1ccc(C(=O)Nc2ccccc2C(=O)Nc2cccc(NC(=O)c3ccncc3)c2)cc1. The first kappa shape index (κ1) is 23.2. The number of anilines is 3. The number of nitrogens with one attached hydrogen (secondary N) is 3. The molecule has 0 aliphatic heterocycles. The molecule has 3 aromatic carbocycles. The third kappa shape index (κ3) is 5.88. The average molecular weight is 466 g/mol. The van der Waals surface area contributed by atoms with Gasteiger partial charge in [0.25, 0.3) is 17.7 Å². The van der Waals surface area contributed by atoms with Crippen molar-refractivity contribution < 1.29 is 19.1 Å². The number of carbonyl (C=O) groups excluding carboxylic acids is 3. The average Bonchev–Trinajstić information content (AvgIpc) is 2.89. The molecule has 0 aliphatic rings. The van der Waals surface area contributed by atoms with Crippen molar-refractivity contribution in [1.82, 2.24) is 4.98 Å². The van der Waals surface area contributed by atoms with Gasteiger partial charge >= 0.3 is 0 Å². The van der Waals surface area contributed by atoms with Gasteiger partial charge in [0.05, 0.1) is 18.4 Å². The molecule has 1 heterocycles. The topological polar surface area (TPSA) is 109 Å². The third-order valence-corrected chi connectivity index (χ3v) is 5.09. The summed E-state index contributed by atoms with van der Waals surface area (Å²) in [5, 5.41) is 8.39. The minimum Gasteiger partial charge on any atom is -0.497 e. The van der Waals surface area contributed by atoms with Crippen LogP contribution in [0.25, 0.3) is 0 Å². The summed E-state index contributed by atoms with van der Waals surface area (Å²) in [7, 11) is 1.55. The van der Waals surface area contributed by atoms with E-state index in [0.717, 1.165) is 0 Å². The molecule has 1 aromatic heterocycles. The number of hydrogen-bond acceptors (Lipinski definition) is 5. The number of ether oxygens (including phenoxy) is 1. The van der Waals surface area contributed by atoms with Gasteiger partial charge in [-0.15, -0.1) is 0 Å². The molecule has 0 fully saturated rings. The van der Waals surface area contributed by atoms with Crippen LogP contribution in [0.15, 0.2) is 97.3 Å². The number of amides is 3. The van der Waals surface area contributed by atoms with Crippen molar-refractivity contribution in [3.05, 3.63) is 114 Å². The van der Waals surface area contributed by atoms with Crippen molar-refractivity contribution in [2.45, 2.75) is 0 Å². The predicted molar refractivity (Wildman–Crippen MR) is 134 cm³/mol. The second kappa shape index (κ2) is 10.8. The maximum Gasteiger partial charge on any atom is 0.257 e. The maximum atomic E-state index is 13.0. The van der Waals surface area contributed by atoms with Crippen LogP contribution in [-0.2, 0) is 0 Å². The summed E-state index contributed by atoms with van der Waals surface area (Å²) in [5.74, 6) is -0.412. The molecule has 0 radical (unpaired) electrons. The Morgan fingerprint density at radius 2 is 1.26 bits per heavy atom. The van der Waals surface area contributed by atoms with Crippen molar-refractivity contribution in [2.24, 2.45) is 0 Å². The standard InChI is InChI=1S/C27H22N4O4/c1-35-22-11-9-18(10-12-22)26(33)31-24-8-3-2-7-23(24)27(34)30-21-6-4-5-20(17-21)29-25(32)19-13-15-28-16-14-19/h2-17H,1H3,(H,29,32)(H,30,34)(H,31,33). The molecule has 0 spiro atoms. The summed E-state index contributed by atoms with van der Waals surface area (Å²) >= 11 is 0. The molecule has 174 valence electrons. The predicted octanol–water partition coefficient (Wildman–Crippen LogP) is 4.85. The van der Waals surface area contributed by atoms with Gasteiger partial charge in [0.15, 0.2) is 0 Å². The first-order chi connectivity index (χ1) is 17.0. The highest BCUT2D eigenvalue weighted by Gasteiger charge is 2.15. The van der Waals surface area contributed by atoms with E-state index in [-0.39, 0.29) is 11.8 Å².